The van der Waals surface area contributed by atoms with Crippen LogP contribution in [0.25, 0.3) is 10.9 Å². The second kappa shape index (κ2) is 8.06. The molecule has 4 aromatic rings. The Morgan fingerprint density at radius 1 is 1.17 bits per heavy atom. The molecule has 4 rings (SSSR count). The number of halogens is 1. The quantitative estimate of drug-likeness (QED) is 0.430. The third-order valence-corrected chi connectivity index (χ3v) is 5.63. The predicted octanol–water partition coefficient (Wildman–Crippen LogP) is 5.20. The van der Waals surface area contributed by atoms with Crippen molar-refractivity contribution in [2.75, 3.05) is 5.32 Å². The molecule has 0 aliphatic heterocycles. The molecule has 0 spiro atoms. The highest BCUT2D eigenvalue weighted by Crippen LogP contribution is 2.26. The summed E-state index contributed by atoms with van der Waals surface area (Å²) in [5, 5.41) is 4.41. The molecular formula is C21H16ClN3O3S. The molecule has 6 nitrogen and oxygen atoms in total. The van der Waals surface area contributed by atoms with Crippen LogP contribution in [0.3, 0.4) is 0 Å². The van der Waals surface area contributed by atoms with Gasteiger partial charge in [0.2, 0.25) is 0 Å². The Morgan fingerprint density at radius 2 is 1.97 bits per heavy atom. The average molecular weight is 426 g/mol. The highest BCUT2D eigenvalue weighted by atomic mass is 35.5. The van der Waals surface area contributed by atoms with Gasteiger partial charge < -0.3 is 9.72 Å². The number of carbonyl (C=O) groups excluding carboxylic acids is 2. The number of rotatable bonds is 5. The molecule has 0 aliphatic rings. The number of H-pyrrole nitrogens is 1. The van der Waals surface area contributed by atoms with E-state index in [0.717, 1.165) is 22.3 Å². The molecule has 29 heavy (non-hydrogen) atoms. The molecule has 0 bridgehead atoms. The van der Waals surface area contributed by atoms with Crippen LogP contribution in [0.1, 0.15) is 31.4 Å². The number of hydrogen-bond donors (Lipinski definition) is 2. The minimum Gasteiger partial charge on any atom is -0.457 e. The Morgan fingerprint density at radius 3 is 2.72 bits per heavy atom. The van der Waals surface area contributed by atoms with Crippen molar-refractivity contribution in [1.29, 1.82) is 0 Å². The molecule has 0 fully saturated rings. The Bertz CT molecular complexity index is 1200. The Kier molecular flexibility index (Phi) is 5.33. The summed E-state index contributed by atoms with van der Waals surface area (Å²) in [4.78, 5) is 32.6. The third-order valence-electron chi connectivity index (χ3n) is 4.27. The van der Waals surface area contributed by atoms with Crippen molar-refractivity contribution in [1.82, 2.24) is 9.97 Å². The van der Waals surface area contributed by atoms with Crippen LogP contribution in [0.5, 0.6) is 0 Å². The summed E-state index contributed by atoms with van der Waals surface area (Å²) in [6.07, 6.45) is 0. The topological polar surface area (TPSA) is 84.1 Å². The van der Waals surface area contributed by atoms with Gasteiger partial charge in [0.25, 0.3) is 5.91 Å². The van der Waals surface area contributed by atoms with E-state index in [9.17, 15) is 9.59 Å². The second-order valence-corrected chi connectivity index (χ2v) is 7.74. The van der Waals surface area contributed by atoms with Crippen molar-refractivity contribution in [3.8, 4) is 0 Å². The maximum atomic E-state index is 12.6. The number of aryl methyl sites for hydroxylation is 1. The molecule has 8 heteroatoms. The van der Waals surface area contributed by atoms with Crippen molar-refractivity contribution in [2.45, 2.75) is 13.5 Å². The van der Waals surface area contributed by atoms with Crippen molar-refractivity contribution >= 4 is 50.8 Å². The van der Waals surface area contributed by atoms with Crippen molar-refractivity contribution < 1.29 is 14.3 Å². The van der Waals surface area contributed by atoms with Gasteiger partial charge in [0.1, 0.15) is 17.2 Å². The third kappa shape index (κ3) is 4.16. The normalized spacial score (nSPS) is 10.8. The van der Waals surface area contributed by atoms with E-state index in [1.54, 1.807) is 19.1 Å². The van der Waals surface area contributed by atoms with Gasteiger partial charge in [0.15, 0.2) is 5.13 Å². The first-order valence-electron chi connectivity index (χ1n) is 8.78. The maximum Gasteiger partial charge on any atom is 0.350 e. The summed E-state index contributed by atoms with van der Waals surface area (Å²) >= 11 is 7.22. The second-order valence-electron chi connectivity index (χ2n) is 6.34. The molecule has 1 amide bonds. The molecular weight excluding hydrogens is 410 g/mol. The van der Waals surface area contributed by atoms with Crippen LogP contribution >= 0.6 is 22.9 Å². The Hall–Kier alpha value is -3.16. The fraction of sp³-hybridized carbons (Fsp3) is 0.0952. The molecule has 2 heterocycles. The van der Waals surface area contributed by atoms with Crippen LogP contribution in [0.4, 0.5) is 5.13 Å². The minimum atomic E-state index is -0.471. The Labute approximate surface area is 175 Å². The molecule has 2 aromatic carbocycles. The van der Waals surface area contributed by atoms with Crippen molar-refractivity contribution in [3.05, 3.63) is 81.4 Å². The fourth-order valence-corrected chi connectivity index (χ4v) is 3.92. The number of fused-ring (bicyclic) bond motifs is 1. The van der Waals surface area contributed by atoms with E-state index in [1.165, 1.54) is 0 Å². The van der Waals surface area contributed by atoms with Crippen LogP contribution < -0.4 is 5.32 Å². The van der Waals surface area contributed by atoms with E-state index >= 15 is 0 Å². The number of nitrogens with zero attached hydrogens (tertiary/aromatic N) is 1. The van der Waals surface area contributed by atoms with Gasteiger partial charge in [-0.25, -0.2) is 9.78 Å². The molecule has 0 saturated carbocycles. The number of aromatic amines is 1. The van der Waals surface area contributed by atoms with E-state index < -0.39 is 5.97 Å². The van der Waals surface area contributed by atoms with Gasteiger partial charge in [-0.3, -0.25) is 10.1 Å². The number of para-hydroxylation sites is 1. The number of anilines is 1. The van der Waals surface area contributed by atoms with E-state index in [0.29, 0.717) is 31.9 Å². The lowest BCUT2D eigenvalue weighted by atomic mass is 10.2. The monoisotopic (exact) mass is 425 g/mol. The molecule has 146 valence electrons. The van der Waals surface area contributed by atoms with Gasteiger partial charge in [-0.1, -0.05) is 65.4 Å². The number of aromatic nitrogens is 2. The molecule has 0 saturated heterocycles. The number of carbonyl (C=O) groups is 2. The first kappa shape index (κ1) is 19.2. The summed E-state index contributed by atoms with van der Waals surface area (Å²) in [5.74, 6) is -0.836. The van der Waals surface area contributed by atoms with E-state index in [-0.39, 0.29) is 12.5 Å². The zero-order valence-corrected chi connectivity index (χ0v) is 16.9. The zero-order valence-electron chi connectivity index (χ0n) is 15.4. The van der Waals surface area contributed by atoms with Gasteiger partial charge >= 0.3 is 5.97 Å². The molecule has 2 N–H and O–H groups in total. The fourth-order valence-electron chi connectivity index (χ4n) is 2.83. The number of amides is 1. The minimum absolute atomic E-state index is 0.175. The number of thiazole rings is 1. The molecule has 0 radical (unpaired) electrons. The smallest absolute Gasteiger partial charge is 0.350 e. The molecule has 2 aromatic heterocycles. The lowest BCUT2D eigenvalue weighted by Gasteiger charge is -2.03. The first-order valence-corrected chi connectivity index (χ1v) is 9.98. The summed E-state index contributed by atoms with van der Waals surface area (Å²) in [7, 11) is 0. The van der Waals surface area contributed by atoms with Gasteiger partial charge in [0.05, 0.1) is 16.2 Å². The van der Waals surface area contributed by atoms with Crippen molar-refractivity contribution in [3.63, 3.8) is 0 Å². The average Bonchev–Trinajstić information content (AvgIpc) is 3.31. The highest BCUT2D eigenvalue weighted by molar-refractivity contribution is 7.17. The molecule has 0 unspecified atom stereocenters. The van der Waals surface area contributed by atoms with Crippen LogP contribution in [0, 0.1) is 6.92 Å². The first-order chi connectivity index (χ1) is 14.0. The van der Waals surface area contributed by atoms with E-state index in [1.807, 2.05) is 42.5 Å². The van der Waals surface area contributed by atoms with Gasteiger partial charge in [-0.2, -0.15) is 0 Å². The van der Waals surface area contributed by atoms with Crippen LogP contribution in [-0.4, -0.2) is 21.8 Å². The summed E-state index contributed by atoms with van der Waals surface area (Å²) in [5.41, 5.74) is 2.45. The molecule has 0 aliphatic carbocycles. The lowest BCUT2D eigenvalue weighted by molar-refractivity contribution is 0.0477. The number of hydrogen-bond acceptors (Lipinski definition) is 5. The van der Waals surface area contributed by atoms with E-state index in [4.69, 9.17) is 16.3 Å². The summed E-state index contributed by atoms with van der Waals surface area (Å²) in [6, 6.07) is 16.6. The number of benzene rings is 2. The van der Waals surface area contributed by atoms with Crippen LogP contribution in [0.15, 0.2) is 54.6 Å². The summed E-state index contributed by atoms with van der Waals surface area (Å²) in [6.45, 7) is 1.88. The Balaban J connectivity index is 1.46. The highest BCUT2D eigenvalue weighted by Gasteiger charge is 2.19. The van der Waals surface area contributed by atoms with Crippen LogP contribution in [-0.2, 0) is 11.3 Å². The number of esters is 1. The molecule has 0 atom stereocenters. The standard InChI is InChI=1S/C21H16ClN3O3S/c1-12-18(20(27)28-11-13-6-3-2-4-7-13)29-21(23-12)25-19(26)16-10-14-8-5-9-15(22)17(14)24-16/h2-10,24H,11H2,1H3,(H,23,25,26). The lowest BCUT2D eigenvalue weighted by Crippen LogP contribution is -2.11. The predicted molar refractivity (Wildman–Crippen MR) is 114 cm³/mol. The number of ether oxygens (including phenoxy) is 1. The van der Waals surface area contributed by atoms with Gasteiger partial charge in [-0.05, 0) is 24.6 Å². The number of nitrogens with one attached hydrogen (secondary N) is 2. The van der Waals surface area contributed by atoms with E-state index in [2.05, 4.69) is 15.3 Å². The summed E-state index contributed by atoms with van der Waals surface area (Å²) < 4.78 is 5.35. The zero-order chi connectivity index (χ0) is 20.4. The van der Waals surface area contributed by atoms with Gasteiger partial charge in [-0.15, -0.1) is 0 Å². The van der Waals surface area contributed by atoms with Gasteiger partial charge in [0, 0.05) is 5.39 Å². The SMILES string of the molecule is Cc1nc(NC(=O)c2cc3cccc(Cl)c3[nH]2)sc1C(=O)OCc1ccccc1. The van der Waals surface area contributed by atoms with Crippen molar-refractivity contribution in [2.24, 2.45) is 0 Å². The maximum absolute atomic E-state index is 12.6. The largest absolute Gasteiger partial charge is 0.457 e. The van der Waals surface area contributed by atoms with Crippen LogP contribution in [0.2, 0.25) is 5.02 Å².